The van der Waals surface area contributed by atoms with Crippen molar-refractivity contribution in [2.75, 3.05) is 13.7 Å². The zero-order valence-corrected chi connectivity index (χ0v) is 13.6. The summed E-state index contributed by atoms with van der Waals surface area (Å²) in [6.45, 7) is 2.55. The molecule has 0 N–H and O–H groups in total. The van der Waals surface area contributed by atoms with Crippen LogP contribution in [0.1, 0.15) is 18.1 Å². The first kappa shape index (κ1) is 15.9. The molecule has 0 radical (unpaired) electrons. The third-order valence-corrected chi connectivity index (χ3v) is 3.61. The molecule has 0 fully saturated rings. The second kappa shape index (κ2) is 7.04. The van der Waals surface area contributed by atoms with Gasteiger partial charge in [0, 0.05) is 5.56 Å². The largest absolute Gasteiger partial charge is 0.497 e. The highest BCUT2D eigenvalue weighted by atomic mass is 16.5. The molecule has 2 aromatic carbocycles. The fourth-order valence-corrected chi connectivity index (χ4v) is 2.39. The van der Waals surface area contributed by atoms with Gasteiger partial charge in [0.1, 0.15) is 17.3 Å². The monoisotopic (exact) mass is 322 g/mol. The minimum absolute atomic E-state index is 0.352. The first-order chi connectivity index (χ1) is 11.7. The van der Waals surface area contributed by atoms with Crippen LogP contribution in [0.25, 0.3) is 11.8 Å². The highest BCUT2D eigenvalue weighted by molar-refractivity contribution is 6.05. The lowest BCUT2D eigenvalue weighted by molar-refractivity contribution is -0.130. The Bertz CT molecular complexity index is 783. The maximum absolute atomic E-state index is 12.1. The van der Waals surface area contributed by atoms with E-state index in [9.17, 15) is 4.79 Å². The van der Waals surface area contributed by atoms with Gasteiger partial charge in [0.05, 0.1) is 19.3 Å². The molecule has 2 aromatic rings. The minimum Gasteiger partial charge on any atom is -0.497 e. The first-order valence-electron chi connectivity index (χ1n) is 7.72. The lowest BCUT2D eigenvalue weighted by Crippen LogP contribution is -1.97. The average Bonchev–Trinajstić information content (AvgIpc) is 2.97. The Hall–Kier alpha value is -3.01. The van der Waals surface area contributed by atoms with Crippen molar-refractivity contribution in [1.82, 2.24) is 0 Å². The topological polar surface area (TPSA) is 44.8 Å². The maximum Gasteiger partial charge on any atom is 0.343 e. The SMILES string of the molecule is CCOc1ccc(C2=CC(=Cc3ccc(OC)cc3)C(=O)O2)cc1. The molecule has 0 amide bonds. The van der Waals surface area contributed by atoms with Gasteiger partial charge in [0.15, 0.2) is 0 Å². The van der Waals surface area contributed by atoms with Crippen LogP contribution in [-0.4, -0.2) is 19.7 Å². The molecule has 24 heavy (non-hydrogen) atoms. The van der Waals surface area contributed by atoms with E-state index in [1.165, 1.54) is 0 Å². The van der Waals surface area contributed by atoms with Gasteiger partial charge in [-0.2, -0.15) is 0 Å². The molecule has 3 rings (SSSR count). The summed E-state index contributed by atoms with van der Waals surface area (Å²) in [7, 11) is 1.62. The third kappa shape index (κ3) is 3.49. The van der Waals surface area contributed by atoms with E-state index in [-0.39, 0.29) is 5.97 Å². The van der Waals surface area contributed by atoms with E-state index < -0.39 is 0 Å². The van der Waals surface area contributed by atoms with Crippen LogP contribution in [0.3, 0.4) is 0 Å². The van der Waals surface area contributed by atoms with Crippen LogP contribution in [0.15, 0.2) is 60.2 Å². The predicted octanol–water partition coefficient (Wildman–Crippen LogP) is 4.08. The van der Waals surface area contributed by atoms with E-state index in [1.54, 1.807) is 19.3 Å². The van der Waals surface area contributed by atoms with Crippen molar-refractivity contribution in [2.45, 2.75) is 6.92 Å². The quantitative estimate of drug-likeness (QED) is 0.615. The van der Waals surface area contributed by atoms with Crippen LogP contribution in [-0.2, 0) is 9.53 Å². The molecule has 4 nitrogen and oxygen atoms in total. The van der Waals surface area contributed by atoms with E-state index in [0.717, 1.165) is 22.6 Å². The molecule has 1 heterocycles. The van der Waals surface area contributed by atoms with E-state index in [0.29, 0.717) is 17.9 Å². The Morgan fingerprint density at radius 3 is 2.29 bits per heavy atom. The highest BCUT2D eigenvalue weighted by Gasteiger charge is 2.21. The molecule has 122 valence electrons. The summed E-state index contributed by atoms with van der Waals surface area (Å²) < 4.78 is 15.9. The summed E-state index contributed by atoms with van der Waals surface area (Å²) in [6, 6.07) is 15.0. The van der Waals surface area contributed by atoms with E-state index >= 15 is 0 Å². The Morgan fingerprint density at radius 2 is 1.67 bits per heavy atom. The number of benzene rings is 2. The molecular formula is C20H18O4. The molecule has 0 saturated carbocycles. The number of esters is 1. The van der Waals surface area contributed by atoms with Crippen molar-refractivity contribution in [2.24, 2.45) is 0 Å². The fraction of sp³-hybridized carbons (Fsp3) is 0.150. The number of cyclic esters (lactones) is 1. The summed E-state index contributed by atoms with van der Waals surface area (Å²) in [4.78, 5) is 12.1. The zero-order valence-electron chi connectivity index (χ0n) is 13.6. The zero-order chi connectivity index (χ0) is 16.9. The molecule has 0 aromatic heterocycles. The summed E-state index contributed by atoms with van der Waals surface area (Å²) in [5, 5.41) is 0. The molecule has 4 heteroatoms. The molecule has 0 atom stereocenters. The Morgan fingerprint density at radius 1 is 1.00 bits per heavy atom. The van der Waals surface area contributed by atoms with Crippen molar-refractivity contribution in [3.63, 3.8) is 0 Å². The lowest BCUT2D eigenvalue weighted by atomic mass is 10.1. The molecule has 1 aliphatic rings. The van der Waals surface area contributed by atoms with Crippen molar-refractivity contribution in [1.29, 1.82) is 0 Å². The van der Waals surface area contributed by atoms with Gasteiger partial charge in [0.25, 0.3) is 0 Å². The van der Waals surface area contributed by atoms with Crippen LogP contribution in [0.2, 0.25) is 0 Å². The second-order valence-corrected chi connectivity index (χ2v) is 5.23. The number of methoxy groups -OCH3 is 1. The van der Waals surface area contributed by atoms with E-state index in [2.05, 4.69) is 0 Å². The van der Waals surface area contributed by atoms with Gasteiger partial charge in [-0.25, -0.2) is 4.79 Å². The summed E-state index contributed by atoms with van der Waals surface area (Å²) in [6.07, 6.45) is 3.55. The second-order valence-electron chi connectivity index (χ2n) is 5.23. The Balaban J connectivity index is 1.82. The molecule has 0 bridgehead atoms. The minimum atomic E-state index is -0.352. The molecule has 0 spiro atoms. The van der Waals surface area contributed by atoms with E-state index in [4.69, 9.17) is 14.2 Å². The number of carbonyl (C=O) groups is 1. The average molecular weight is 322 g/mol. The number of hydrogen-bond acceptors (Lipinski definition) is 4. The number of rotatable bonds is 5. The summed E-state index contributed by atoms with van der Waals surface area (Å²) in [5.74, 6) is 1.76. The van der Waals surface area contributed by atoms with Crippen LogP contribution in [0.4, 0.5) is 0 Å². The maximum atomic E-state index is 12.1. The summed E-state index contributed by atoms with van der Waals surface area (Å²) >= 11 is 0. The van der Waals surface area contributed by atoms with Gasteiger partial charge < -0.3 is 14.2 Å². The van der Waals surface area contributed by atoms with Gasteiger partial charge >= 0.3 is 5.97 Å². The van der Waals surface area contributed by atoms with Gasteiger partial charge in [-0.3, -0.25) is 0 Å². The van der Waals surface area contributed by atoms with E-state index in [1.807, 2.05) is 55.5 Å². The van der Waals surface area contributed by atoms with Crippen LogP contribution < -0.4 is 9.47 Å². The lowest BCUT2D eigenvalue weighted by Gasteiger charge is -2.05. The van der Waals surface area contributed by atoms with Gasteiger partial charge in [-0.05, 0) is 61.0 Å². The van der Waals surface area contributed by atoms with Crippen molar-refractivity contribution < 1.29 is 19.0 Å². The van der Waals surface area contributed by atoms with Gasteiger partial charge in [-0.15, -0.1) is 0 Å². The van der Waals surface area contributed by atoms with Crippen molar-refractivity contribution in [3.8, 4) is 11.5 Å². The fourth-order valence-electron chi connectivity index (χ4n) is 2.39. The smallest absolute Gasteiger partial charge is 0.343 e. The molecular weight excluding hydrogens is 304 g/mol. The normalized spacial score (nSPS) is 15.2. The Kier molecular flexibility index (Phi) is 4.66. The molecule has 1 aliphatic heterocycles. The first-order valence-corrected chi connectivity index (χ1v) is 7.72. The third-order valence-electron chi connectivity index (χ3n) is 3.61. The van der Waals surface area contributed by atoms with Crippen LogP contribution in [0.5, 0.6) is 11.5 Å². The number of carbonyl (C=O) groups excluding carboxylic acids is 1. The number of hydrogen-bond donors (Lipinski definition) is 0. The highest BCUT2D eigenvalue weighted by Crippen LogP contribution is 2.28. The predicted molar refractivity (Wildman–Crippen MR) is 92.7 cm³/mol. The number of ether oxygens (including phenoxy) is 3. The van der Waals surface area contributed by atoms with Gasteiger partial charge in [0.2, 0.25) is 0 Å². The molecule has 0 saturated heterocycles. The van der Waals surface area contributed by atoms with Crippen molar-refractivity contribution in [3.05, 3.63) is 71.3 Å². The molecule has 0 unspecified atom stereocenters. The summed E-state index contributed by atoms with van der Waals surface area (Å²) in [5.41, 5.74) is 2.26. The van der Waals surface area contributed by atoms with Crippen molar-refractivity contribution >= 4 is 17.8 Å². The molecule has 0 aliphatic carbocycles. The standard InChI is InChI=1S/C20H18O4/c1-3-23-18-10-6-15(7-11-18)19-13-16(20(21)24-19)12-14-4-8-17(22-2)9-5-14/h4-13H,3H2,1-2H3. The van der Waals surface area contributed by atoms with Crippen LogP contribution in [0, 0.1) is 0 Å². The van der Waals surface area contributed by atoms with Crippen LogP contribution >= 0.6 is 0 Å². The van der Waals surface area contributed by atoms with Gasteiger partial charge in [-0.1, -0.05) is 12.1 Å². The Labute approximate surface area is 141 Å².